The fourth-order valence-corrected chi connectivity index (χ4v) is 1.96. The highest BCUT2D eigenvalue weighted by Gasteiger charge is 2.10. The third kappa shape index (κ3) is 2.78. The Morgan fingerprint density at radius 1 is 0.950 bits per heavy atom. The fraction of sp³-hybridized carbons (Fsp3) is 0.0714. The predicted molar refractivity (Wildman–Crippen MR) is 80.1 cm³/mol. The van der Waals surface area contributed by atoms with Gasteiger partial charge in [-0.05, 0) is 28.1 Å². The molecule has 3 rings (SSSR count). The second kappa shape index (κ2) is 6.16. The Kier molecular flexibility index (Phi) is 4.32. The van der Waals surface area contributed by atoms with Gasteiger partial charge in [-0.3, -0.25) is 0 Å². The highest BCUT2D eigenvalue weighted by atomic mass is 35.5. The lowest BCUT2D eigenvalue weighted by atomic mass is 10.1. The Morgan fingerprint density at radius 2 is 1.65 bits per heavy atom. The zero-order chi connectivity index (χ0) is 13.1. The molecule has 2 N–H and O–H groups in total. The molecule has 102 valence electrons. The largest absolute Gasteiger partial charge is 0.397 e. The molecule has 0 aliphatic rings. The number of tetrazole rings is 1. The van der Waals surface area contributed by atoms with E-state index in [-0.39, 0.29) is 12.4 Å². The van der Waals surface area contributed by atoms with E-state index in [4.69, 9.17) is 5.73 Å². The first-order valence-electron chi connectivity index (χ1n) is 6.00. The number of aromatic nitrogens is 4. The summed E-state index contributed by atoms with van der Waals surface area (Å²) in [5, 5.41) is 11.8. The lowest BCUT2D eigenvalue weighted by molar-refractivity contribution is 0.772. The maximum absolute atomic E-state index is 5.96. The zero-order valence-corrected chi connectivity index (χ0v) is 11.5. The van der Waals surface area contributed by atoms with E-state index >= 15 is 0 Å². The number of nitrogens with zero attached hydrogens (tertiary/aromatic N) is 4. The van der Waals surface area contributed by atoms with Crippen molar-refractivity contribution >= 4 is 18.1 Å². The normalized spacial score (nSPS) is 10.0. The minimum absolute atomic E-state index is 0. The predicted octanol–water partition coefficient (Wildman–Crippen LogP) is 2.26. The quantitative estimate of drug-likeness (QED) is 0.750. The number of hydrogen-bond donors (Lipinski definition) is 1. The first-order valence-corrected chi connectivity index (χ1v) is 6.00. The summed E-state index contributed by atoms with van der Waals surface area (Å²) >= 11 is 0. The van der Waals surface area contributed by atoms with E-state index in [1.54, 1.807) is 4.68 Å². The van der Waals surface area contributed by atoms with E-state index < -0.39 is 0 Å². The van der Waals surface area contributed by atoms with Crippen LogP contribution in [0.4, 0.5) is 5.69 Å². The van der Waals surface area contributed by atoms with Crippen molar-refractivity contribution in [2.75, 3.05) is 5.73 Å². The lowest BCUT2D eigenvalue weighted by Gasteiger charge is -2.07. The van der Waals surface area contributed by atoms with E-state index in [9.17, 15) is 0 Å². The Bertz CT molecular complexity index is 681. The summed E-state index contributed by atoms with van der Waals surface area (Å²) in [5.41, 5.74) is 8.58. The molecule has 0 aliphatic carbocycles. The van der Waals surface area contributed by atoms with Crippen LogP contribution < -0.4 is 5.73 Å². The van der Waals surface area contributed by atoms with E-state index in [1.807, 2.05) is 54.6 Å². The number of rotatable bonds is 3. The maximum atomic E-state index is 5.96. The van der Waals surface area contributed by atoms with Crippen molar-refractivity contribution < 1.29 is 0 Å². The van der Waals surface area contributed by atoms with Crippen molar-refractivity contribution in [2.45, 2.75) is 6.42 Å². The molecular weight excluding hydrogens is 274 g/mol. The van der Waals surface area contributed by atoms with E-state index in [2.05, 4.69) is 15.5 Å². The van der Waals surface area contributed by atoms with Gasteiger partial charge >= 0.3 is 0 Å². The Hall–Kier alpha value is -2.40. The van der Waals surface area contributed by atoms with Crippen molar-refractivity contribution in [2.24, 2.45) is 0 Å². The topological polar surface area (TPSA) is 69.6 Å². The molecule has 0 radical (unpaired) electrons. The van der Waals surface area contributed by atoms with Gasteiger partial charge in [0.15, 0.2) is 5.82 Å². The second-order valence-electron chi connectivity index (χ2n) is 4.23. The number of anilines is 1. The van der Waals surface area contributed by atoms with Crippen LogP contribution in [-0.2, 0) is 6.42 Å². The molecule has 0 unspecified atom stereocenters. The van der Waals surface area contributed by atoms with Gasteiger partial charge in [-0.25, -0.2) is 0 Å². The fourth-order valence-electron chi connectivity index (χ4n) is 1.96. The molecule has 3 aromatic rings. The van der Waals surface area contributed by atoms with Gasteiger partial charge in [-0.2, -0.15) is 4.68 Å². The number of para-hydroxylation sites is 2. The summed E-state index contributed by atoms with van der Waals surface area (Å²) in [4.78, 5) is 0. The number of halogens is 1. The molecule has 0 aliphatic heterocycles. The van der Waals surface area contributed by atoms with E-state index in [1.165, 1.54) is 0 Å². The molecule has 0 saturated heterocycles. The Morgan fingerprint density at radius 3 is 2.40 bits per heavy atom. The van der Waals surface area contributed by atoms with Gasteiger partial charge < -0.3 is 5.73 Å². The molecule has 0 bridgehead atoms. The van der Waals surface area contributed by atoms with Crippen LogP contribution in [0.2, 0.25) is 0 Å². The van der Waals surface area contributed by atoms with Gasteiger partial charge in [0.2, 0.25) is 0 Å². The third-order valence-corrected chi connectivity index (χ3v) is 2.90. The van der Waals surface area contributed by atoms with Crippen molar-refractivity contribution in [3.63, 3.8) is 0 Å². The molecule has 0 saturated carbocycles. The van der Waals surface area contributed by atoms with Crippen molar-refractivity contribution in [3.8, 4) is 5.69 Å². The molecule has 6 heteroatoms. The summed E-state index contributed by atoms with van der Waals surface area (Å²) < 4.78 is 1.68. The lowest BCUT2D eigenvalue weighted by Crippen LogP contribution is -2.06. The average Bonchev–Trinajstić information content (AvgIpc) is 2.88. The van der Waals surface area contributed by atoms with Gasteiger partial charge in [0.05, 0.1) is 11.4 Å². The first-order chi connectivity index (χ1) is 9.34. The Balaban J connectivity index is 0.00000147. The molecular formula is C14H14ClN5. The highest BCUT2D eigenvalue weighted by Crippen LogP contribution is 2.17. The summed E-state index contributed by atoms with van der Waals surface area (Å²) in [5.74, 6) is 0.768. The molecule has 1 heterocycles. The molecule has 0 fully saturated rings. The smallest absolute Gasteiger partial charge is 0.161 e. The number of benzene rings is 2. The van der Waals surface area contributed by atoms with Crippen LogP contribution in [0.5, 0.6) is 0 Å². The molecule has 1 aromatic heterocycles. The van der Waals surface area contributed by atoms with Crippen molar-refractivity contribution in [3.05, 3.63) is 66.0 Å². The molecule has 0 spiro atoms. The standard InChI is InChI=1S/C14H13N5.ClH/c15-12-8-4-5-9-13(12)19-14(16-17-18-19)10-11-6-2-1-3-7-11;/h1-9H,10,15H2;1H. The SMILES string of the molecule is Cl.Nc1ccccc1-n1nnnc1Cc1ccccc1. The van der Waals surface area contributed by atoms with Crippen molar-refractivity contribution in [1.82, 2.24) is 20.2 Å². The maximum Gasteiger partial charge on any atom is 0.161 e. The molecule has 2 aromatic carbocycles. The van der Waals surface area contributed by atoms with E-state index in [0.717, 1.165) is 17.1 Å². The highest BCUT2D eigenvalue weighted by molar-refractivity contribution is 5.85. The van der Waals surface area contributed by atoms with Crippen LogP contribution >= 0.6 is 12.4 Å². The minimum Gasteiger partial charge on any atom is -0.397 e. The van der Waals surface area contributed by atoms with Gasteiger partial charge in [0.1, 0.15) is 0 Å². The molecule has 20 heavy (non-hydrogen) atoms. The zero-order valence-electron chi connectivity index (χ0n) is 10.7. The summed E-state index contributed by atoms with van der Waals surface area (Å²) in [7, 11) is 0. The summed E-state index contributed by atoms with van der Waals surface area (Å²) in [6.45, 7) is 0. The molecule has 0 amide bonds. The van der Waals surface area contributed by atoms with Crippen LogP contribution in [0.15, 0.2) is 54.6 Å². The minimum atomic E-state index is 0. The van der Waals surface area contributed by atoms with Gasteiger partial charge in [-0.1, -0.05) is 42.5 Å². The summed E-state index contributed by atoms with van der Waals surface area (Å²) in [6.07, 6.45) is 0.669. The van der Waals surface area contributed by atoms with Crippen LogP contribution in [0.25, 0.3) is 5.69 Å². The second-order valence-corrected chi connectivity index (χ2v) is 4.23. The van der Waals surface area contributed by atoms with Crippen LogP contribution in [-0.4, -0.2) is 20.2 Å². The van der Waals surface area contributed by atoms with Crippen LogP contribution in [0.1, 0.15) is 11.4 Å². The molecule has 5 nitrogen and oxygen atoms in total. The van der Waals surface area contributed by atoms with E-state index in [0.29, 0.717) is 12.1 Å². The number of hydrogen-bond acceptors (Lipinski definition) is 4. The average molecular weight is 288 g/mol. The number of nitrogen functional groups attached to an aromatic ring is 1. The summed E-state index contributed by atoms with van der Waals surface area (Å²) in [6, 6.07) is 17.6. The van der Waals surface area contributed by atoms with Crippen LogP contribution in [0, 0.1) is 0 Å². The van der Waals surface area contributed by atoms with Gasteiger partial charge in [0.25, 0.3) is 0 Å². The Labute approximate surface area is 122 Å². The third-order valence-electron chi connectivity index (χ3n) is 2.90. The molecule has 0 atom stereocenters. The van der Waals surface area contributed by atoms with Gasteiger partial charge in [0, 0.05) is 6.42 Å². The first kappa shape index (κ1) is 14.0. The van der Waals surface area contributed by atoms with Crippen LogP contribution in [0.3, 0.4) is 0 Å². The van der Waals surface area contributed by atoms with Gasteiger partial charge in [-0.15, -0.1) is 17.5 Å². The van der Waals surface area contributed by atoms with Crippen molar-refractivity contribution in [1.29, 1.82) is 0 Å². The monoisotopic (exact) mass is 287 g/mol. The number of nitrogens with two attached hydrogens (primary N) is 1.